The molecule has 1 aromatic rings. The molecule has 0 radical (unpaired) electrons. The molecule has 1 rings (SSSR count). The number of hydrogen-bond acceptors (Lipinski definition) is 1. The van der Waals surface area contributed by atoms with Crippen molar-refractivity contribution in [2.75, 3.05) is 13.1 Å². The lowest BCUT2D eigenvalue weighted by Gasteiger charge is -1.96. The smallest absolute Gasteiger partial charge is 0.0138 e. The van der Waals surface area contributed by atoms with Gasteiger partial charge in [-0.1, -0.05) is 49.4 Å². The Labute approximate surface area is 92.6 Å². The summed E-state index contributed by atoms with van der Waals surface area (Å²) >= 11 is 0. The van der Waals surface area contributed by atoms with Crippen molar-refractivity contribution in [3.8, 4) is 0 Å². The Balaban J connectivity index is 0.00000169. The van der Waals surface area contributed by atoms with Crippen molar-refractivity contribution in [3.05, 3.63) is 42.0 Å². The lowest BCUT2D eigenvalue weighted by molar-refractivity contribution is 0.730. The molecule has 0 fully saturated rings. The third-order valence-corrected chi connectivity index (χ3v) is 1.80. The lowest BCUT2D eigenvalue weighted by atomic mass is 10.2. The van der Waals surface area contributed by atoms with Crippen LogP contribution in [0, 0.1) is 0 Å². The summed E-state index contributed by atoms with van der Waals surface area (Å²) in [4.78, 5) is 0. The van der Waals surface area contributed by atoms with Crippen LogP contribution in [0.4, 0.5) is 0 Å². The molecule has 0 aromatic heterocycles. The van der Waals surface area contributed by atoms with Gasteiger partial charge in [-0.2, -0.15) is 0 Å². The normalized spacial score (nSPS) is 10.1. The number of rotatable bonds is 5. The third kappa shape index (κ3) is 5.79. The van der Waals surface area contributed by atoms with Gasteiger partial charge in [-0.15, -0.1) is 12.4 Å². The van der Waals surface area contributed by atoms with Gasteiger partial charge < -0.3 is 5.32 Å². The van der Waals surface area contributed by atoms with Crippen LogP contribution in [0.3, 0.4) is 0 Å². The predicted octanol–water partition coefficient (Wildman–Crippen LogP) is 3.12. The summed E-state index contributed by atoms with van der Waals surface area (Å²) in [7, 11) is 0. The van der Waals surface area contributed by atoms with E-state index in [-0.39, 0.29) is 12.4 Å². The summed E-state index contributed by atoms with van der Waals surface area (Å²) < 4.78 is 0. The summed E-state index contributed by atoms with van der Waals surface area (Å²) in [5, 5.41) is 3.32. The minimum Gasteiger partial charge on any atom is -0.313 e. The van der Waals surface area contributed by atoms with Crippen molar-refractivity contribution in [3.63, 3.8) is 0 Å². The third-order valence-electron chi connectivity index (χ3n) is 1.80. The molecule has 0 bridgehead atoms. The van der Waals surface area contributed by atoms with Crippen molar-refractivity contribution in [1.29, 1.82) is 0 Å². The van der Waals surface area contributed by atoms with Crippen LogP contribution in [-0.4, -0.2) is 13.1 Å². The van der Waals surface area contributed by atoms with Crippen LogP contribution in [0.2, 0.25) is 0 Å². The zero-order valence-corrected chi connectivity index (χ0v) is 9.39. The van der Waals surface area contributed by atoms with E-state index in [4.69, 9.17) is 0 Å². The molecule has 0 heterocycles. The van der Waals surface area contributed by atoms with Gasteiger partial charge in [-0.05, 0) is 18.5 Å². The second-order valence-electron chi connectivity index (χ2n) is 3.02. The van der Waals surface area contributed by atoms with Gasteiger partial charge >= 0.3 is 0 Å². The van der Waals surface area contributed by atoms with Gasteiger partial charge in [-0.25, -0.2) is 0 Å². The zero-order chi connectivity index (χ0) is 9.36. The first-order valence-electron chi connectivity index (χ1n) is 4.86. The van der Waals surface area contributed by atoms with Crippen molar-refractivity contribution in [2.45, 2.75) is 13.3 Å². The number of hydrogen-bond donors (Lipinski definition) is 1. The first kappa shape index (κ1) is 13.2. The molecule has 1 aromatic carbocycles. The topological polar surface area (TPSA) is 12.0 Å². The van der Waals surface area contributed by atoms with Gasteiger partial charge in [0.2, 0.25) is 0 Å². The van der Waals surface area contributed by atoms with E-state index >= 15 is 0 Å². The maximum Gasteiger partial charge on any atom is 0.0138 e. The second kappa shape index (κ2) is 8.79. The van der Waals surface area contributed by atoms with Crippen molar-refractivity contribution >= 4 is 18.5 Å². The van der Waals surface area contributed by atoms with Gasteiger partial charge in [-0.3, -0.25) is 0 Å². The highest BCUT2D eigenvalue weighted by molar-refractivity contribution is 5.85. The molecule has 78 valence electrons. The zero-order valence-electron chi connectivity index (χ0n) is 8.57. The van der Waals surface area contributed by atoms with Crippen LogP contribution in [0.1, 0.15) is 18.9 Å². The van der Waals surface area contributed by atoms with E-state index in [0.29, 0.717) is 0 Å². The highest BCUT2D eigenvalue weighted by atomic mass is 35.5. The molecule has 0 spiro atoms. The predicted molar refractivity (Wildman–Crippen MR) is 65.9 cm³/mol. The first-order chi connectivity index (χ1) is 6.43. The highest BCUT2D eigenvalue weighted by Crippen LogP contribution is 1.99. The molecule has 1 N–H and O–H groups in total. The molecule has 1 nitrogen and oxygen atoms in total. The van der Waals surface area contributed by atoms with Gasteiger partial charge in [0, 0.05) is 6.54 Å². The molecular weight excluding hydrogens is 194 g/mol. The molecule has 2 heteroatoms. The maximum atomic E-state index is 3.32. The molecule has 0 saturated carbocycles. The van der Waals surface area contributed by atoms with E-state index in [1.807, 2.05) is 6.07 Å². The Morgan fingerprint density at radius 2 is 1.93 bits per heavy atom. The standard InChI is InChI=1S/C12H17N.ClH/c1-2-10-13-11-6-9-12-7-4-3-5-8-12;/h3-9,13H,2,10-11H2,1H3;1H. The van der Waals surface area contributed by atoms with E-state index in [2.05, 4.69) is 48.7 Å². The largest absolute Gasteiger partial charge is 0.313 e. The van der Waals surface area contributed by atoms with Crippen molar-refractivity contribution in [1.82, 2.24) is 5.32 Å². The van der Waals surface area contributed by atoms with E-state index in [0.717, 1.165) is 13.1 Å². The van der Waals surface area contributed by atoms with Gasteiger partial charge in [0.05, 0.1) is 0 Å². The van der Waals surface area contributed by atoms with Gasteiger partial charge in [0.25, 0.3) is 0 Å². The molecule has 0 aliphatic heterocycles. The van der Waals surface area contributed by atoms with E-state index in [1.165, 1.54) is 12.0 Å². The summed E-state index contributed by atoms with van der Waals surface area (Å²) in [6.07, 6.45) is 5.49. The fourth-order valence-electron chi connectivity index (χ4n) is 1.12. The van der Waals surface area contributed by atoms with Crippen LogP contribution in [-0.2, 0) is 0 Å². The molecule has 0 atom stereocenters. The summed E-state index contributed by atoms with van der Waals surface area (Å²) in [5.74, 6) is 0. The Hall–Kier alpha value is -0.790. The fourth-order valence-corrected chi connectivity index (χ4v) is 1.12. The summed E-state index contributed by atoms with van der Waals surface area (Å²) in [5.41, 5.74) is 1.26. The first-order valence-corrected chi connectivity index (χ1v) is 4.86. The molecule has 0 saturated heterocycles. The monoisotopic (exact) mass is 211 g/mol. The van der Waals surface area contributed by atoms with Gasteiger partial charge in [0.1, 0.15) is 0 Å². The molecule has 0 aliphatic rings. The van der Waals surface area contributed by atoms with Crippen LogP contribution in [0.15, 0.2) is 36.4 Å². The number of benzene rings is 1. The van der Waals surface area contributed by atoms with Crippen LogP contribution in [0.5, 0.6) is 0 Å². The Kier molecular flexibility index (Phi) is 8.30. The average Bonchev–Trinajstić information content (AvgIpc) is 2.19. The quantitative estimate of drug-likeness (QED) is 0.738. The summed E-state index contributed by atoms with van der Waals surface area (Å²) in [6, 6.07) is 10.4. The van der Waals surface area contributed by atoms with E-state index in [9.17, 15) is 0 Å². The van der Waals surface area contributed by atoms with Crippen LogP contribution < -0.4 is 5.32 Å². The SMILES string of the molecule is CCCNCC=Cc1ccccc1.Cl. The molecular formula is C12H18ClN. The lowest BCUT2D eigenvalue weighted by Crippen LogP contribution is -2.13. The minimum absolute atomic E-state index is 0. The molecule has 0 amide bonds. The van der Waals surface area contributed by atoms with Crippen LogP contribution >= 0.6 is 12.4 Å². The highest BCUT2D eigenvalue weighted by Gasteiger charge is 1.82. The van der Waals surface area contributed by atoms with Crippen molar-refractivity contribution < 1.29 is 0 Å². The maximum absolute atomic E-state index is 3.32. The number of halogens is 1. The number of nitrogens with one attached hydrogen (secondary N) is 1. The van der Waals surface area contributed by atoms with Crippen LogP contribution in [0.25, 0.3) is 6.08 Å². The van der Waals surface area contributed by atoms with E-state index in [1.54, 1.807) is 0 Å². The molecule has 14 heavy (non-hydrogen) atoms. The van der Waals surface area contributed by atoms with Crippen molar-refractivity contribution in [2.24, 2.45) is 0 Å². The average molecular weight is 212 g/mol. The Morgan fingerprint density at radius 3 is 2.57 bits per heavy atom. The molecule has 0 unspecified atom stereocenters. The van der Waals surface area contributed by atoms with Gasteiger partial charge in [0.15, 0.2) is 0 Å². The Bertz CT molecular complexity index is 244. The fraction of sp³-hybridized carbons (Fsp3) is 0.333. The molecule has 0 aliphatic carbocycles. The second-order valence-corrected chi connectivity index (χ2v) is 3.02. The minimum atomic E-state index is 0. The summed E-state index contributed by atoms with van der Waals surface area (Å²) in [6.45, 7) is 4.23. The van der Waals surface area contributed by atoms with E-state index < -0.39 is 0 Å². The Morgan fingerprint density at radius 1 is 1.21 bits per heavy atom.